The van der Waals surface area contributed by atoms with Gasteiger partial charge < -0.3 is 4.74 Å². The van der Waals surface area contributed by atoms with Gasteiger partial charge in [-0.05, 0) is 80.5 Å². The molecule has 1 unspecified atom stereocenters. The van der Waals surface area contributed by atoms with E-state index < -0.39 is 21.7 Å². The van der Waals surface area contributed by atoms with Gasteiger partial charge in [0.15, 0.2) is 0 Å². The van der Waals surface area contributed by atoms with E-state index in [1.54, 1.807) is 6.07 Å². The molecule has 1 N–H and O–H groups in total. The second kappa shape index (κ2) is 10.0. The maximum Gasteiger partial charge on any atom is 0.267 e. The fraction of sp³-hybridized carbons (Fsp3) is 0.458. The third-order valence-electron chi connectivity index (χ3n) is 6.26. The lowest BCUT2D eigenvalue weighted by atomic mass is 10.0. The number of benzene rings is 2. The molecule has 1 saturated heterocycles. The van der Waals surface area contributed by atoms with Crippen molar-refractivity contribution in [3.05, 3.63) is 62.9 Å². The molecule has 10 heteroatoms. The topological polar surface area (TPSA) is 75.7 Å². The summed E-state index contributed by atoms with van der Waals surface area (Å²) in [4.78, 5) is 14.6. The van der Waals surface area contributed by atoms with Gasteiger partial charge in [-0.2, -0.15) is 0 Å². The first-order chi connectivity index (χ1) is 16.0. The molecule has 2 aliphatic rings. The molecule has 2 fully saturated rings. The van der Waals surface area contributed by atoms with Crippen LogP contribution in [0, 0.1) is 5.82 Å². The van der Waals surface area contributed by atoms with Crippen molar-refractivity contribution in [1.82, 2.24) is 9.62 Å². The number of sulfonamides is 1. The largest absolute Gasteiger partial charge is 0.489 e. The Labute approximate surface area is 209 Å². The highest BCUT2D eigenvalue weighted by molar-refractivity contribution is 7.89. The Morgan fingerprint density at radius 2 is 1.82 bits per heavy atom. The van der Waals surface area contributed by atoms with Gasteiger partial charge in [0.05, 0.1) is 11.8 Å². The minimum absolute atomic E-state index is 0.0734. The maximum absolute atomic E-state index is 14.8. The van der Waals surface area contributed by atoms with Crippen LogP contribution >= 0.6 is 23.2 Å². The number of likely N-dealkylation sites (tertiary alicyclic amines) is 1. The molecule has 0 aromatic heterocycles. The number of carbonyl (C=O) groups excluding carboxylic acids is 1. The highest BCUT2D eigenvalue weighted by Gasteiger charge is 2.32. The number of nitrogens with one attached hydrogen (secondary N) is 1. The zero-order valence-electron chi connectivity index (χ0n) is 19.0. The molecule has 34 heavy (non-hydrogen) atoms. The Bertz CT molecular complexity index is 1180. The Morgan fingerprint density at radius 3 is 2.44 bits per heavy atom. The zero-order valence-corrected chi connectivity index (χ0v) is 21.3. The summed E-state index contributed by atoms with van der Waals surface area (Å²) >= 11 is 12.4. The van der Waals surface area contributed by atoms with E-state index in [-0.39, 0.29) is 23.6 Å². The Balaban J connectivity index is 1.52. The second-order valence-electron chi connectivity index (χ2n) is 9.10. The predicted octanol–water partition coefficient (Wildman–Crippen LogP) is 5.30. The fourth-order valence-electron chi connectivity index (χ4n) is 4.41. The third-order valence-corrected chi connectivity index (χ3v) is 7.25. The lowest BCUT2D eigenvalue weighted by Gasteiger charge is -2.37. The van der Waals surface area contributed by atoms with Gasteiger partial charge in [-0.25, -0.2) is 17.5 Å². The SMILES string of the molecule is C[C@@H](c1cc(Cl)cc(Cl)c1)N1CCCC(Oc2cc(F)c(C(=O)NS(C)(=O)=O)cc2C2CC2)C1. The van der Waals surface area contributed by atoms with Crippen LogP contribution in [0.2, 0.25) is 10.0 Å². The lowest BCUT2D eigenvalue weighted by Crippen LogP contribution is -2.42. The number of hydrogen-bond acceptors (Lipinski definition) is 5. The highest BCUT2D eigenvalue weighted by atomic mass is 35.5. The van der Waals surface area contributed by atoms with Gasteiger partial charge in [0.25, 0.3) is 5.91 Å². The predicted molar refractivity (Wildman–Crippen MR) is 131 cm³/mol. The summed E-state index contributed by atoms with van der Waals surface area (Å²) in [6.07, 6.45) is 4.27. The van der Waals surface area contributed by atoms with E-state index in [1.807, 2.05) is 16.9 Å². The monoisotopic (exact) mass is 528 g/mol. The van der Waals surface area contributed by atoms with Gasteiger partial charge in [-0.3, -0.25) is 9.69 Å². The second-order valence-corrected chi connectivity index (χ2v) is 11.7. The molecule has 0 bridgehead atoms. The first kappa shape index (κ1) is 25.2. The van der Waals surface area contributed by atoms with Crippen molar-refractivity contribution in [2.75, 3.05) is 19.3 Å². The third kappa shape index (κ3) is 6.22. The lowest BCUT2D eigenvalue weighted by molar-refractivity contribution is 0.0650. The van der Waals surface area contributed by atoms with Gasteiger partial charge >= 0.3 is 0 Å². The molecule has 2 aromatic carbocycles. The molecule has 1 aliphatic carbocycles. The van der Waals surface area contributed by atoms with E-state index in [9.17, 15) is 17.6 Å². The van der Waals surface area contributed by atoms with Crippen molar-refractivity contribution in [3.8, 4) is 5.75 Å². The summed E-state index contributed by atoms with van der Waals surface area (Å²) in [5, 5.41) is 1.17. The van der Waals surface area contributed by atoms with Crippen molar-refractivity contribution in [2.45, 2.75) is 50.7 Å². The molecule has 2 aromatic rings. The number of hydrogen-bond donors (Lipinski definition) is 1. The molecule has 2 atom stereocenters. The molecule has 0 radical (unpaired) electrons. The van der Waals surface area contributed by atoms with Crippen LogP contribution in [0.1, 0.15) is 66.1 Å². The summed E-state index contributed by atoms with van der Waals surface area (Å²) in [6, 6.07) is 8.23. The molecule has 4 rings (SSSR count). The number of piperidine rings is 1. The van der Waals surface area contributed by atoms with Gasteiger partial charge in [0, 0.05) is 28.7 Å². The van der Waals surface area contributed by atoms with Crippen molar-refractivity contribution in [3.63, 3.8) is 0 Å². The van der Waals surface area contributed by atoms with E-state index in [1.165, 1.54) is 12.1 Å². The van der Waals surface area contributed by atoms with E-state index in [0.29, 0.717) is 22.3 Å². The van der Waals surface area contributed by atoms with E-state index in [0.717, 1.165) is 49.6 Å². The van der Waals surface area contributed by atoms with E-state index in [2.05, 4.69) is 11.8 Å². The molecule has 1 saturated carbocycles. The minimum Gasteiger partial charge on any atom is -0.489 e. The molecule has 6 nitrogen and oxygen atoms in total. The van der Waals surface area contributed by atoms with Gasteiger partial charge in [-0.1, -0.05) is 23.2 Å². The van der Waals surface area contributed by atoms with Crippen molar-refractivity contribution < 1.29 is 22.3 Å². The Kier molecular flexibility index (Phi) is 7.43. The summed E-state index contributed by atoms with van der Waals surface area (Å²) in [5.41, 5.74) is 1.47. The quantitative estimate of drug-likeness (QED) is 0.527. The highest BCUT2D eigenvalue weighted by Crippen LogP contribution is 2.45. The zero-order chi connectivity index (χ0) is 24.6. The average molecular weight is 529 g/mol. The van der Waals surface area contributed by atoms with Crippen LogP contribution in [0.25, 0.3) is 0 Å². The van der Waals surface area contributed by atoms with Crippen LogP contribution in [0.4, 0.5) is 4.39 Å². The number of carbonyl (C=O) groups is 1. The normalized spacial score (nSPS) is 20.1. The van der Waals surface area contributed by atoms with Crippen molar-refractivity contribution in [2.24, 2.45) is 0 Å². The number of halogens is 3. The first-order valence-corrected chi connectivity index (χ1v) is 13.9. The van der Waals surface area contributed by atoms with Gasteiger partial charge in [0.2, 0.25) is 10.0 Å². The molecule has 184 valence electrons. The van der Waals surface area contributed by atoms with Crippen LogP contribution in [-0.2, 0) is 10.0 Å². The minimum atomic E-state index is -3.80. The van der Waals surface area contributed by atoms with E-state index in [4.69, 9.17) is 27.9 Å². The maximum atomic E-state index is 14.8. The van der Waals surface area contributed by atoms with E-state index >= 15 is 0 Å². The fourth-order valence-corrected chi connectivity index (χ4v) is 5.40. The summed E-state index contributed by atoms with van der Waals surface area (Å²) in [7, 11) is -3.80. The molecule has 0 spiro atoms. The van der Waals surface area contributed by atoms with Crippen molar-refractivity contribution in [1.29, 1.82) is 0 Å². The summed E-state index contributed by atoms with van der Waals surface area (Å²) < 4.78 is 45.8. The molecular weight excluding hydrogens is 502 g/mol. The Hall–Kier alpha value is -1.87. The molecule has 1 aliphatic heterocycles. The number of ether oxygens (including phenoxy) is 1. The summed E-state index contributed by atoms with van der Waals surface area (Å²) in [6.45, 7) is 3.63. The van der Waals surface area contributed by atoms with Crippen LogP contribution in [0.5, 0.6) is 5.75 Å². The first-order valence-electron chi connectivity index (χ1n) is 11.2. The van der Waals surface area contributed by atoms with Crippen LogP contribution < -0.4 is 9.46 Å². The van der Waals surface area contributed by atoms with Crippen LogP contribution in [-0.4, -0.2) is 44.7 Å². The Morgan fingerprint density at radius 1 is 1.15 bits per heavy atom. The smallest absolute Gasteiger partial charge is 0.267 e. The van der Waals surface area contributed by atoms with Crippen molar-refractivity contribution >= 4 is 39.1 Å². The average Bonchev–Trinajstić information content (AvgIpc) is 3.57. The standard InChI is InChI=1S/C24H27Cl2FN2O4S/c1-14(16-8-17(25)10-18(26)9-16)29-7-3-4-19(13-29)33-23-12-22(27)21(11-20(23)15-5-6-15)24(30)28-34(2,31)32/h8-12,14-15,19H,3-7,13H2,1-2H3,(H,28,30)/t14-,19?/m0/s1. The summed E-state index contributed by atoms with van der Waals surface area (Å²) in [5.74, 6) is -1.20. The van der Waals surface area contributed by atoms with Crippen LogP contribution in [0.15, 0.2) is 30.3 Å². The van der Waals surface area contributed by atoms with Gasteiger partial charge in [-0.15, -0.1) is 0 Å². The number of amides is 1. The number of nitrogens with zero attached hydrogens (tertiary/aromatic N) is 1. The van der Waals surface area contributed by atoms with Crippen LogP contribution in [0.3, 0.4) is 0 Å². The van der Waals surface area contributed by atoms with Gasteiger partial charge in [0.1, 0.15) is 17.7 Å². The molecule has 1 heterocycles. The molecular formula is C24H27Cl2FN2O4S. The number of rotatable bonds is 7. The molecule has 1 amide bonds.